The number of rotatable bonds is 9. The highest BCUT2D eigenvalue weighted by molar-refractivity contribution is 5.80. The summed E-state index contributed by atoms with van der Waals surface area (Å²) < 4.78 is 11.1. The molecule has 2 aliphatic rings. The number of carbonyl (C=O) groups is 1. The van der Waals surface area contributed by atoms with Gasteiger partial charge in [-0.05, 0) is 58.3 Å². The lowest BCUT2D eigenvalue weighted by Crippen LogP contribution is -2.40. The normalized spacial score (nSPS) is 19.5. The molecule has 0 amide bonds. The fraction of sp³-hybridized carbons (Fsp3) is 0.545. The van der Waals surface area contributed by atoms with E-state index >= 15 is 0 Å². The van der Waals surface area contributed by atoms with Gasteiger partial charge < -0.3 is 19.7 Å². The van der Waals surface area contributed by atoms with Crippen LogP contribution in [0.5, 0.6) is 5.75 Å². The summed E-state index contributed by atoms with van der Waals surface area (Å²) in [5, 5.41) is 12.4. The number of carbonyl (C=O) groups excluding carboxylic acids is 1. The lowest BCUT2D eigenvalue weighted by atomic mass is 10.0. The largest absolute Gasteiger partial charge is 0.467 e. The van der Waals surface area contributed by atoms with Gasteiger partial charge >= 0.3 is 0 Å². The summed E-state index contributed by atoms with van der Waals surface area (Å²) in [6, 6.07) is 5.66. The van der Waals surface area contributed by atoms with Gasteiger partial charge in [-0.3, -0.25) is 4.79 Å². The summed E-state index contributed by atoms with van der Waals surface area (Å²) in [7, 11) is 2.14. The Morgan fingerprint density at radius 1 is 1.27 bits per heavy atom. The standard InChI is InChI=1S/C22H29N5O3/c1-3-29-14-30-19-11-15(13-28)6-9-18(19)21-20(16-7-8-16)24-22(26-25-21)23-17-5-4-10-27(2)12-17/h6,9,11,13,16-17H,3-5,7-8,10,12,14H2,1-2H3,(H,23,24,26). The van der Waals surface area contributed by atoms with Crippen LogP contribution in [0.25, 0.3) is 11.3 Å². The Kier molecular flexibility index (Phi) is 6.54. The molecule has 1 saturated carbocycles. The van der Waals surface area contributed by atoms with Crippen LogP contribution in [-0.2, 0) is 4.74 Å². The summed E-state index contributed by atoms with van der Waals surface area (Å²) in [4.78, 5) is 18.4. The van der Waals surface area contributed by atoms with Crippen LogP contribution in [0.1, 0.15) is 54.6 Å². The molecule has 1 aromatic heterocycles. The average Bonchev–Trinajstić information content (AvgIpc) is 3.59. The van der Waals surface area contributed by atoms with Crippen molar-refractivity contribution in [2.24, 2.45) is 0 Å². The number of nitrogens with one attached hydrogen (secondary N) is 1. The Bertz CT molecular complexity index is 887. The van der Waals surface area contributed by atoms with Gasteiger partial charge in [0, 0.05) is 36.2 Å². The Hall–Kier alpha value is -2.58. The molecule has 2 aromatic rings. The van der Waals surface area contributed by atoms with Crippen LogP contribution in [0.15, 0.2) is 18.2 Å². The first-order chi connectivity index (χ1) is 14.7. The third-order valence-corrected chi connectivity index (χ3v) is 5.53. The van der Waals surface area contributed by atoms with E-state index in [4.69, 9.17) is 14.5 Å². The molecule has 2 fully saturated rings. The molecular weight excluding hydrogens is 382 g/mol. The van der Waals surface area contributed by atoms with Gasteiger partial charge in [-0.15, -0.1) is 10.2 Å². The molecule has 1 atom stereocenters. The molecule has 8 heteroatoms. The topological polar surface area (TPSA) is 89.5 Å². The number of likely N-dealkylation sites (tertiary alicyclic amines) is 1. The highest BCUT2D eigenvalue weighted by Crippen LogP contribution is 2.44. The maximum absolute atomic E-state index is 11.2. The van der Waals surface area contributed by atoms with Crippen LogP contribution >= 0.6 is 0 Å². The first-order valence-corrected chi connectivity index (χ1v) is 10.7. The number of ether oxygens (including phenoxy) is 2. The number of anilines is 1. The minimum atomic E-state index is 0.111. The molecule has 1 aromatic carbocycles. The molecule has 1 aliphatic heterocycles. The van der Waals surface area contributed by atoms with Crippen LogP contribution in [0.3, 0.4) is 0 Å². The van der Waals surface area contributed by atoms with Crippen molar-refractivity contribution < 1.29 is 14.3 Å². The molecule has 1 saturated heterocycles. The molecule has 0 spiro atoms. The molecule has 0 radical (unpaired) electrons. The van der Waals surface area contributed by atoms with Crippen molar-refractivity contribution in [3.63, 3.8) is 0 Å². The highest BCUT2D eigenvalue weighted by Gasteiger charge is 2.31. The second-order valence-corrected chi connectivity index (χ2v) is 8.02. The summed E-state index contributed by atoms with van der Waals surface area (Å²) in [6.07, 6.45) is 5.27. The van der Waals surface area contributed by atoms with E-state index < -0.39 is 0 Å². The van der Waals surface area contributed by atoms with Gasteiger partial charge in [0.05, 0.1) is 5.69 Å². The van der Waals surface area contributed by atoms with E-state index in [2.05, 4.69) is 27.5 Å². The first-order valence-electron chi connectivity index (χ1n) is 10.7. The number of aldehydes is 1. The van der Waals surface area contributed by atoms with Crippen LogP contribution in [0, 0.1) is 0 Å². The molecule has 1 aliphatic carbocycles. The minimum Gasteiger partial charge on any atom is -0.467 e. The second-order valence-electron chi connectivity index (χ2n) is 8.02. The molecule has 2 heterocycles. The van der Waals surface area contributed by atoms with Crippen LogP contribution < -0.4 is 10.1 Å². The summed E-state index contributed by atoms with van der Waals surface area (Å²) in [5.41, 5.74) is 2.98. The molecule has 4 rings (SSSR count). The van der Waals surface area contributed by atoms with Gasteiger partial charge in [0.2, 0.25) is 5.95 Å². The number of aromatic nitrogens is 3. The molecule has 160 valence electrons. The molecule has 1 unspecified atom stereocenters. The molecule has 8 nitrogen and oxygen atoms in total. The highest BCUT2D eigenvalue weighted by atomic mass is 16.7. The van der Waals surface area contributed by atoms with Crippen molar-refractivity contribution in [1.82, 2.24) is 20.1 Å². The quantitative estimate of drug-likeness (QED) is 0.382. The average molecular weight is 412 g/mol. The number of piperidine rings is 1. The SMILES string of the molecule is CCOCOc1cc(C=O)ccc1-c1nnc(NC2CCCN(C)C2)nc1C1CC1. The van der Waals surface area contributed by atoms with E-state index in [1.807, 2.05) is 13.0 Å². The monoisotopic (exact) mass is 411 g/mol. The zero-order valence-electron chi connectivity index (χ0n) is 17.6. The predicted octanol–water partition coefficient (Wildman–Crippen LogP) is 3.11. The second kappa shape index (κ2) is 9.49. The number of likely N-dealkylation sites (N-methyl/N-ethyl adjacent to an activating group) is 1. The van der Waals surface area contributed by atoms with Crippen molar-refractivity contribution in [3.8, 4) is 17.0 Å². The Morgan fingerprint density at radius 2 is 2.13 bits per heavy atom. The summed E-state index contributed by atoms with van der Waals surface area (Å²) in [6.45, 7) is 4.67. The maximum atomic E-state index is 11.2. The maximum Gasteiger partial charge on any atom is 0.243 e. The van der Waals surface area contributed by atoms with Gasteiger partial charge in [0.1, 0.15) is 17.7 Å². The number of hydrogen-bond acceptors (Lipinski definition) is 8. The van der Waals surface area contributed by atoms with Gasteiger partial charge in [-0.1, -0.05) is 6.07 Å². The van der Waals surface area contributed by atoms with Crippen molar-refractivity contribution in [3.05, 3.63) is 29.5 Å². The van der Waals surface area contributed by atoms with E-state index in [0.717, 1.165) is 49.9 Å². The van der Waals surface area contributed by atoms with Crippen molar-refractivity contribution >= 4 is 12.2 Å². The van der Waals surface area contributed by atoms with Crippen LogP contribution in [-0.4, -0.2) is 65.9 Å². The molecular formula is C22H29N5O3. The van der Waals surface area contributed by atoms with Crippen molar-refractivity contribution in [2.45, 2.75) is 44.6 Å². The Balaban J connectivity index is 1.63. The molecule has 30 heavy (non-hydrogen) atoms. The van der Waals surface area contributed by atoms with E-state index in [-0.39, 0.29) is 6.79 Å². The Morgan fingerprint density at radius 3 is 2.87 bits per heavy atom. The number of benzene rings is 1. The third-order valence-electron chi connectivity index (χ3n) is 5.53. The number of nitrogens with zero attached hydrogens (tertiary/aromatic N) is 4. The fourth-order valence-electron chi connectivity index (χ4n) is 3.81. The van der Waals surface area contributed by atoms with Gasteiger partial charge in [-0.25, -0.2) is 4.98 Å². The van der Waals surface area contributed by atoms with Crippen molar-refractivity contribution in [2.75, 3.05) is 38.9 Å². The smallest absolute Gasteiger partial charge is 0.243 e. The Labute approximate surface area is 177 Å². The zero-order chi connectivity index (χ0) is 20.9. The minimum absolute atomic E-state index is 0.111. The lowest BCUT2D eigenvalue weighted by molar-refractivity contribution is 0.0227. The van der Waals surface area contributed by atoms with Gasteiger partial charge in [0.15, 0.2) is 6.79 Å². The van der Waals surface area contributed by atoms with Gasteiger partial charge in [-0.2, -0.15) is 0 Å². The number of hydrogen-bond donors (Lipinski definition) is 1. The third kappa shape index (κ3) is 4.94. The first kappa shape index (κ1) is 20.7. The summed E-state index contributed by atoms with van der Waals surface area (Å²) in [5.74, 6) is 1.53. The molecule has 1 N–H and O–H groups in total. The van der Waals surface area contributed by atoms with E-state index in [9.17, 15) is 4.79 Å². The van der Waals surface area contributed by atoms with E-state index in [1.54, 1.807) is 12.1 Å². The zero-order valence-corrected chi connectivity index (χ0v) is 17.6. The van der Waals surface area contributed by atoms with E-state index in [1.165, 1.54) is 6.42 Å². The lowest BCUT2D eigenvalue weighted by Gasteiger charge is -2.30. The van der Waals surface area contributed by atoms with Crippen LogP contribution in [0.4, 0.5) is 5.95 Å². The summed E-state index contributed by atoms with van der Waals surface area (Å²) >= 11 is 0. The fourth-order valence-corrected chi connectivity index (χ4v) is 3.81. The predicted molar refractivity (Wildman–Crippen MR) is 114 cm³/mol. The van der Waals surface area contributed by atoms with Gasteiger partial charge in [0.25, 0.3) is 0 Å². The van der Waals surface area contributed by atoms with Crippen molar-refractivity contribution in [1.29, 1.82) is 0 Å². The molecule has 0 bridgehead atoms. The van der Waals surface area contributed by atoms with E-state index in [0.29, 0.717) is 41.5 Å². The van der Waals surface area contributed by atoms with Crippen LogP contribution in [0.2, 0.25) is 0 Å².